The van der Waals surface area contributed by atoms with E-state index in [2.05, 4.69) is 75.3 Å². The fourth-order valence-electron chi connectivity index (χ4n) is 1.88. The minimum absolute atomic E-state index is 0.443. The fourth-order valence-corrected chi connectivity index (χ4v) is 1.88. The number of nitrogens with zero attached hydrogens (tertiary/aromatic N) is 1. The van der Waals surface area contributed by atoms with E-state index >= 15 is 0 Å². The maximum atomic E-state index is 3.54. The van der Waals surface area contributed by atoms with Gasteiger partial charge in [-0.3, -0.25) is 4.90 Å². The van der Waals surface area contributed by atoms with Crippen molar-refractivity contribution in [2.45, 2.75) is 45.8 Å². The fraction of sp³-hybridized carbons (Fsp3) is 0.600. The standard InChI is InChI=1S/C15H26N2/c1-12(2)16-11-15(17(5)13(3)4)14-9-7-6-8-10-14/h6-10,12-13,15-16H,11H2,1-5H3. The van der Waals surface area contributed by atoms with Crippen molar-refractivity contribution in [3.8, 4) is 0 Å². The molecule has 1 atom stereocenters. The highest BCUT2D eigenvalue weighted by molar-refractivity contribution is 5.19. The number of rotatable bonds is 6. The second kappa shape index (κ2) is 6.77. The zero-order valence-corrected chi connectivity index (χ0v) is 11.8. The van der Waals surface area contributed by atoms with Gasteiger partial charge in [-0.1, -0.05) is 44.2 Å². The van der Waals surface area contributed by atoms with Crippen molar-refractivity contribution in [2.24, 2.45) is 0 Å². The van der Waals surface area contributed by atoms with Gasteiger partial charge in [0.05, 0.1) is 0 Å². The number of hydrogen-bond acceptors (Lipinski definition) is 2. The van der Waals surface area contributed by atoms with E-state index < -0.39 is 0 Å². The van der Waals surface area contributed by atoms with E-state index in [9.17, 15) is 0 Å². The highest BCUT2D eigenvalue weighted by atomic mass is 15.2. The largest absolute Gasteiger partial charge is 0.313 e. The summed E-state index contributed by atoms with van der Waals surface area (Å²) >= 11 is 0. The summed E-state index contributed by atoms with van der Waals surface area (Å²) in [5.41, 5.74) is 1.39. The number of nitrogens with one attached hydrogen (secondary N) is 1. The summed E-state index contributed by atoms with van der Waals surface area (Å²) in [7, 11) is 2.20. The van der Waals surface area contributed by atoms with Gasteiger partial charge in [0.15, 0.2) is 0 Å². The molecule has 0 amide bonds. The Morgan fingerprint density at radius 2 is 1.65 bits per heavy atom. The van der Waals surface area contributed by atoms with Gasteiger partial charge in [-0.05, 0) is 26.5 Å². The quantitative estimate of drug-likeness (QED) is 0.814. The molecule has 2 heteroatoms. The number of benzene rings is 1. The van der Waals surface area contributed by atoms with Crippen molar-refractivity contribution in [3.63, 3.8) is 0 Å². The molecule has 1 aromatic carbocycles. The third kappa shape index (κ3) is 4.49. The number of likely N-dealkylation sites (N-methyl/N-ethyl adjacent to an activating group) is 1. The van der Waals surface area contributed by atoms with Crippen molar-refractivity contribution in [2.75, 3.05) is 13.6 Å². The van der Waals surface area contributed by atoms with Crippen molar-refractivity contribution in [1.29, 1.82) is 0 Å². The van der Waals surface area contributed by atoms with E-state index in [0.717, 1.165) is 6.54 Å². The van der Waals surface area contributed by atoms with Crippen LogP contribution in [0.1, 0.15) is 39.3 Å². The van der Waals surface area contributed by atoms with Gasteiger partial charge in [0.25, 0.3) is 0 Å². The Balaban J connectivity index is 2.79. The molecule has 0 aromatic heterocycles. The Bertz CT molecular complexity index is 306. The first kappa shape index (κ1) is 14.2. The Hall–Kier alpha value is -0.860. The van der Waals surface area contributed by atoms with Crippen LogP contribution in [0.15, 0.2) is 30.3 Å². The molecule has 0 aliphatic heterocycles. The Morgan fingerprint density at radius 1 is 1.06 bits per heavy atom. The molecule has 2 nitrogen and oxygen atoms in total. The summed E-state index contributed by atoms with van der Waals surface area (Å²) in [6.07, 6.45) is 0. The van der Waals surface area contributed by atoms with Crippen LogP contribution in [0.25, 0.3) is 0 Å². The normalized spacial score (nSPS) is 13.6. The summed E-state index contributed by atoms with van der Waals surface area (Å²) in [4.78, 5) is 2.42. The molecule has 0 aliphatic rings. The van der Waals surface area contributed by atoms with E-state index in [1.807, 2.05) is 0 Å². The molecule has 0 aliphatic carbocycles. The lowest BCUT2D eigenvalue weighted by Gasteiger charge is -2.32. The molecule has 96 valence electrons. The Labute approximate surface area is 106 Å². The third-order valence-electron chi connectivity index (χ3n) is 3.21. The van der Waals surface area contributed by atoms with Crippen molar-refractivity contribution < 1.29 is 0 Å². The highest BCUT2D eigenvalue weighted by Crippen LogP contribution is 2.20. The van der Waals surface area contributed by atoms with E-state index in [1.54, 1.807) is 0 Å². The average molecular weight is 234 g/mol. The van der Waals surface area contributed by atoms with Crippen LogP contribution in [-0.4, -0.2) is 30.6 Å². The van der Waals surface area contributed by atoms with Gasteiger partial charge >= 0.3 is 0 Å². The van der Waals surface area contributed by atoms with Crippen LogP contribution < -0.4 is 5.32 Å². The summed E-state index contributed by atoms with van der Waals surface area (Å²) in [6, 6.07) is 12.3. The zero-order valence-electron chi connectivity index (χ0n) is 11.8. The van der Waals surface area contributed by atoms with Crippen LogP contribution in [0.3, 0.4) is 0 Å². The molecule has 0 bridgehead atoms. The van der Waals surface area contributed by atoms with Crippen LogP contribution in [0.5, 0.6) is 0 Å². The third-order valence-corrected chi connectivity index (χ3v) is 3.21. The minimum atomic E-state index is 0.443. The van der Waals surface area contributed by atoms with Crippen molar-refractivity contribution in [1.82, 2.24) is 10.2 Å². The maximum absolute atomic E-state index is 3.54. The second-order valence-corrected chi connectivity index (χ2v) is 5.25. The molecule has 0 spiro atoms. The predicted molar refractivity (Wildman–Crippen MR) is 75.2 cm³/mol. The van der Waals surface area contributed by atoms with E-state index in [-0.39, 0.29) is 0 Å². The van der Waals surface area contributed by atoms with Crippen molar-refractivity contribution in [3.05, 3.63) is 35.9 Å². The van der Waals surface area contributed by atoms with Crippen LogP contribution in [0, 0.1) is 0 Å². The lowest BCUT2D eigenvalue weighted by Crippen LogP contribution is -2.39. The van der Waals surface area contributed by atoms with Gasteiger partial charge < -0.3 is 5.32 Å². The topological polar surface area (TPSA) is 15.3 Å². The van der Waals surface area contributed by atoms with Crippen LogP contribution in [0.4, 0.5) is 0 Å². The molecule has 1 N–H and O–H groups in total. The van der Waals surface area contributed by atoms with Gasteiger partial charge in [-0.2, -0.15) is 0 Å². The maximum Gasteiger partial charge on any atom is 0.0472 e. The first-order valence-electron chi connectivity index (χ1n) is 6.52. The molecule has 0 radical (unpaired) electrons. The molecular formula is C15H26N2. The van der Waals surface area contributed by atoms with Crippen LogP contribution >= 0.6 is 0 Å². The first-order chi connectivity index (χ1) is 8.02. The second-order valence-electron chi connectivity index (χ2n) is 5.25. The highest BCUT2D eigenvalue weighted by Gasteiger charge is 2.18. The van der Waals surface area contributed by atoms with E-state index in [4.69, 9.17) is 0 Å². The van der Waals surface area contributed by atoms with Gasteiger partial charge in [0, 0.05) is 24.7 Å². The molecule has 1 rings (SSSR count). The molecule has 0 heterocycles. The smallest absolute Gasteiger partial charge is 0.0472 e. The monoisotopic (exact) mass is 234 g/mol. The van der Waals surface area contributed by atoms with Crippen LogP contribution in [-0.2, 0) is 0 Å². The molecule has 1 aromatic rings. The van der Waals surface area contributed by atoms with Gasteiger partial charge in [-0.15, -0.1) is 0 Å². The average Bonchev–Trinajstić information content (AvgIpc) is 2.30. The SMILES string of the molecule is CC(C)NCC(c1ccccc1)N(C)C(C)C. The number of hydrogen-bond donors (Lipinski definition) is 1. The molecule has 0 saturated carbocycles. The van der Waals surface area contributed by atoms with Gasteiger partial charge in [0.2, 0.25) is 0 Å². The van der Waals surface area contributed by atoms with Gasteiger partial charge in [0.1, 0.15) is 0 Å². The van der Waals surface area contributed by atoms with Crippen molar-refractivity contribution >= 4 is 0 Å². The Morgan fingerprint density at radius 3 is 2.12 bits per heavy atom. The minimum Gasteiger partial charge on any atom is -0.313 e. The molecule has 0 saturated heterocycles. The van der Waals surface area contributed by atoms with Gasteiger partial charge in [-0.25, -0.2) is 0 Å². The summed E-state index contributed by atoms with van der Waals surface area (Å²) in [5.74, 6) is 0. The van der Waals surface area contributed by atoms with E-state index in [0.29, 0.717) is 18.1 Å². The molecule has 0 fully saturated rings. The predicted octanol–water partition coefficient (Wildman–Crippen LogP) is 3.07. The summed E-state index contributed by atoms with van der Waals surface area (Å²) in [5, 5.41) is 3.54. The molecule has 1 unspecified atom stereocenters. The lowest BCUT2D eigenvalue weighted by molar-refractivity contribution is 0.189. The summed E-state index contributed by atoms with van der Waals surface area (Å²) < 4.78 is 0. The molecule has 17 heavy (non-hydrogen) atoms. The summed E-state index contributed by atoms with van der Waals surface area (Å²) in [6.45, 7) is 9.86. The van der Waals surface area contributed by atoms with Crippen LogP contribution in [0.2, 0.25) is 0 Å². The zero-order chi connectivity index (χ0) is 12.8. The Kier molecular flexibility index (Phi) is 5.66. The first-order valence-corrected chi connectivity index (χ1v) is 6.52. The van der Waals surface area contributed by atoms with E-state index in [1.165, 1.54) is 5.56 Å². The molecular weight excluding hydrogens is 208 g/mol. The lowest BCUT2D eigenvalue weighted by atomic mass is 10.0.